The van der Waals surface area contributed by atoms with Crippen LogP contribution < -0.4 is 10.6 Å². The number of rotatable bonds is 5. The van der Waals surface area contributed by atoms with Crippen LogP contribution in [0.5, 0.6) is 5.75 Å². The van der Waals surface area contributed by atoms with Crippen molar-refractivity contribution in [1.29, 1.82) is 0 Å². The third kappa shape index (κ3) is 4.57. The molecule has 1 aromatic heterocycles. The molecule has 3 N–H and O–H groups in total. The molecular formula is C24H20N4O5S. The van der Waals surface area contributed by atoms with E-state index in [0.717, 1.165) is 12.0 Å². The van der Waals surface area contributed by atoms with Crippen molar-refractivity contribution >= 4 is 45.7 Å². The highest BCUT2D eigenvalue weighted by Crippen LogP contribution is 2.33. The Hall–Kier alpha value is -4.31. The quantitative estimate of drug-likeness (QED) is 0.157. The number of thiocarbonyl (C=S) groups is 1. The molecule has 0 spiro atoms. The fourth-order valence-electron chi connectivity index (χ4n) is 3.49. The Morgan fingerprint density at radius 2 is 2.00 bits per heavy atom. The topological polar surface area (TPSA) is 131 Å². The predicted molar refractivity (Wildman–Crippen MR) is 132 cm³/mol. The molecule has 0 bridgehead atoms. The molecule has 0 fully saturated rings. The van der Waals surface area contributed by atoms with Crippen LogP contribution in [0, 0.1) is 17.0 Å². The average Bonchev–Trinajstić information content (AvgIpc) is 3.23. The minimum absolute atomic E-state index is 0.0160. The standard InChI is InChI=1S/C24H20N4O5S/c1-3-14-7-10-21-18(11-14)26-23(33-21)17-12-15(8-9-20(17)29)25-24(34)27-22(30)16-5-4-6-19(13(16)2)28(31)32/h4-12,29H,3H2,1-2H3,(H2,25,27,30,34). The molecule has 9 nitrogen and oxygen atoms in total. The minimum atomic E-state index is -0.580. The van der Waals surface area contributed by atoms with Gasteiger partial charge in [0.25, 0.3) is 11.6 Å². The van der Waals surface area contributed by atoms with Crippen LogP contribution in [0.25, 0.3) is 22.6 Å². The van der Waals surface area contributed by atoms with E-state index in [1.54, 1.807) is 12.1 Å². The molecule has 172 valence electrons. The average molecular weight is 477 g/mol. The number of hydrogen-bond acceptors (Lipinski definition) is 7. The zero-order valence-corrected chi connectivity index (χ0v) is 19.1. The minimum Gasteiger partial charge on any atom is -0.507 e. The molecule has 1 heterocycles. The monoisotopic (exact) mass is 476 g/mol. The van der Waals surface area contributed by atoms with Gasteiger partial charge in [0.05, 0.1) is 10.5 Å². The first kappa shape index (κ1) is 22.9. The first-order chi connectivity index (χ1) is 16.3. The van der Waals surface area contributed by atoms with Crippen molar-refractivity contribution in [2.75, 3.05) is 5.32 Å². The summed E-state index contributed by atoms with van der Waals surface area (Å²) in [6, 6.07) is 14.6. The van der Waals surface area contributed by atoms with E-state index in [9.17, 15) is 20.0 Å². The number of nitro benzene ring substituents is 1. The van der Waals surface area contributed by atoms with Crippen LogP contribution >= 0.6 is 12.2 Å². The number of fused-ring (bicyclic) bond motifs is 1. The Morgan fingerprint density at radius 1 is 1.21 bits per heavy atom. The number of nitrogens with one attached hydrogen (secondary N) is 2. The Morgan fingerprint density at radius 3 is 2.74 bits per heavy atom. The highest BCUT2D eigenvalue weighted by atomic mass is 32.1. The van der Waals surface area contributed by atoms with Gasteiger partial charge in [0.15, 0.2) is 10.7 Å². The van der Waals surface area contributed by atoms with Crippen molar-refractivity contribution in [2.45, 2.75) is 20.3 Å². The summed E-state index contributed by atoms with van der Waals surface area (Å²) >= 11 is 5.23. The number of aromatic hydroxyl groups is 1. The van der Waals surface area contributed by atoms with E-state index in [2.05, 4.69) is 15.6 Å². The molecule has 0 aliphatic rings. The van der Waals surface area contributed by atoms with E-state index < -0.39 is 10.8 Å². The van der Waals surface area contributed by atoms with Gasteiger partial charge in [0.1, 0.15) is 11.3 Å². The predicted octanol–water partition coefficient (Wildman–Crippen LogP) is 5.11. The molecule has 10 heteroatoms. The largest absolute Gasteiger partial charge is 0.507 e. The van der Waals surface area contributed by atoms with E-state index in [-0.39, 0.29) is 33.6 Å². The van der Waals surface area contributed by atoms with E-state index in [1.807, 2.05) is 25.1 Å². The van der Waals surface area contributed by atoms with E-state index in [0.29, 0.717) is 22.4 Å². The summed E-state index contributed by atoms with van der Waals surface area (Å²) in [6.45, 7) is 3.55. The van der Waals surface area contributed by atoms with Crippen LogP contribution in [0.3, 0.4) is 0 Å². The maximum Gasteiger partial charge on any atom is 0.273 e. The van der Waals surface area contributed by atoms with Gasteiger partial charge in [-0.3, -0.25) is 20.2 Å². The summed E-state index contributed by atoms with van der Waals surface area (Å²) < 4.78 is 5.80. The van der Waals surface area contributed by atoms with Gasteiger partial charge in [-0.1, -0.05) is 19.1 Å². The molecule has 1 amide bonds. The lowest BCUT2D eigenvalue weighted by atomic mass is 10.1. The van der Waals surface area contributed by atoms with Crippen LogP contribution in [0.1, 0.15) is 28.4 Å². The van der Waals surface area contributed by atoms with Gasteiger partial charge in [0.2, 0.25) is 5.89 Å². The molecule has 34 heavy (non-hydrogen) atoms. The zero-order chi connectivity index (χ0) is 24.4. The SMILES string of the molecule is CCc1ccc2oc(-c3cc(NC(=S)NC(=O)c4cccc([N+](=O)[O-])c4C)ccc3O)nc2c1. The third-order valence-corrected chi connectivity index (χ3v) is 5.52. The molecule has 0 unspecified atom stereocenters. The van der Waals surface area contributed by atoms with Crippen LogP contribution in [-0.2, 0) is 6.42 Å². The number of nitrogens with zero attached hydrogens (tertiary/aromatic N) is 2. The number of carbonyl (C=O) groups excluding carboxylic acids is 1. The molecular weight excluding hydrogens is 456 g/mol. The number of anilines is 1. The molecule has 4 aromatic rings. The number of hydrogen-bond donors (Lipinski definition) is 3. The Labute approximate surface area is 199 Å². The zero-order valence-electron chi connectivity index (χ0n) is 18.3. The van der Waals surface area contributed by atoms with Crippen molar-refractivity contribution in [3.8, 4) is 17.2 Å². The summed E-state index contributed by atoms with van der Waals surface area (Å²) in [4.78, 5) is 27.7. The van der Waals surface area contributed by atoms with Gasteiger partial charge in [0, 0.05) is 22.9 Å². The van der Waals surface area contributed by atoms with E-state index in [1.165, 1.54) is 31.2 Å². The lowest BCUT2D eigenvalue weighted by Gasteiger charge is -2.12. The van der Waals surface area contributed by atoms with Gasteiger partial charge in [-0.15, -0.1) is 0 Å². The Bertz CT molecular complexity index is 1450. The summed E-state index contributed by atoms with van der Waals surface area (Å²) in [7, 11) is 0. The van der Waals surface area contributed by atoms with Crippen molar-refractivity contribution in [3.05, 3.63) is 81.4 Å². The van der Waals surface area contributed by atoms with Crippen molar-refractivity contribution in [3.63, 3.8) is 0 Å². The number of benzene rings is 3. The second-order valence-electron chi connectivity index (χ2n) is 7.52. The van der Waals surface area contributed by atoms with Crippen molar-refractivity contribution in [2.24, 2.45) is 0 Å². The Kier molecular flexibility index (Phi) is 6.24. The van der Waals surface area contributed by atoms with E-state index >= 15 is 0 Å². The normalized spacial score (nSPS) is 10.8. The van der Waals surface area contributed by atoms with Crippen LogP contribution in [-0.4, -0.2) is 26.0 Å². The lowest BCUT2D eigenvalue weighted by molar-refractivity contribution is -0.385. The fourth-order valence-corrected chi connectivity index (χ4v) is 3.70. The number of phenolic OH excluding ortho intramolecular Hbond substituents is 1. The van der Waals surface area contributed by atoms with Gasteiger partial charge < -0.3 is 14.8 Å². The molecule has 3 aromatic carbocycles. The number of amides is 1. The number of aryl methyl sites for hydroxylation is 1. The highest BCUT2D eigenvalue weighted by molar-refractivity contribution is 7.80. The maximum absolute atomic E-state index is 12.6. The molecule has 4 rings (SSSR count). The molecule has 0 aliphatic carbocycles. The first-order valence-corrected chi connectivity index (χ1v) is 10.8. The second-order valence-corrected chi connectivity index (χ2v) is 7.93. The van der Waals surface area contributed by atoms with Crippen LogP contribution in [0.15, 0.2) is 59.0 Å². The number of phenols is 1. The molecule has 0 saturated heterocycles. The summed E-state index contributed by atoms with van der Waals surface area (Å²) in [6.07, 6.45) is 0.863. The lowest BCUT2D eigenvalue weighted by Crippen LogP contribution is -2.34. The van der Waals surface area contributed by atoms with Gasteiger partial charge in [-0.05, 0) is 67.5 Å². The summed E-state index contributed by atoms with van der Waals surface area (Å²) in [5, 5.41) is 26.9. The maximum atomic E-state index is 12.6. The number of carbonyl (C=O) groups is 1. The summed E-state index contributed by atoms with van der Waals surface area (Å²) in [5.41, 5.74) is 3.45. The van der Waals surface area contributed by atoms with Crippen LogP contribution in [0.4, 0.5) is 11.4 Å². The Balaban J connectivity index is 1.54. The molecule has 0 radical (unpaired) electrons. The molecule has 0 saturated carbocycles. The number of nitro groups is 1. The second kappa shape index (κ2) is 9.28. The number of oxazole rings is 1. The third-order valence-electron chi connectivity index (χ3n) is 5.32. The highest BCUT2D eigenvalue weighted by Gasteiger charge is 2.19. The van der Waals surface area contributed by atoms with Crippen LogP contribution in [0.2, 0.25) is 0 Å². The number of aromatic nitrogens is 1. The fraction of sp³-hybridized carbons (Fsp3) is 0.125. The smallest absolute Gasteiger partial charge is 0.273 e. The molecule has 0 atom stereocenters. The van der Waals surface area contributed by atoms with E-state index in [4.69, 9.17) is 16.6 Å². The first-order valence-electron chi connectivity index (χ1n) is 10.4. The van der Waals surface area contributed by atoms with Gasteiger partial charge in [-0.2, -0.15) is 0 Å². The molecule has 0 aliphatic heterocycles. The van der Waals surface area contributed by atoms with Gasteiger partial charge in [-0.25, -0.2) is 4.98 Å². The van der Waals surface area contributed by atoms with Crippen molar-refractivity contribution in [1.82, 2.24) is 10.3 Å². The summed E-state index contributed by atoms with van der Waals surface area (Å²) in [5.74, 6) is -0.370. The van der Waals surface area contributed by atoms with Gasteiger partial charge >= 0.3 is 0 Å². The van der Waals surface area contributed by atoms with Crippen molar-refractivity contribution < 1.29 is 19.2 Å².